The molecule has 0 aliphatic carbocycles. The lowest BCUT2D eigenvalue weighted by molar-refractivity contribution is 0.0824. The average Bonchev–Trinajstić information content (AvgIpc) is 3.32. The number of nitrogens with zero attached hydrogens (tertiary/aromatic N) is 1. The largest absolute Gasteiger partial charge is 0.454 e. The molecule has 24 heavy (non-hydrogen) atoms. The molecule has 2 aromatic rings. The van der Waals surface area contributed by atoms with Crippen molar-refractivity contribution in [3.63, 3.8) is 0 Å². The summed E-state index contributed by atoms with van der Waals surface area (Å²) < 4.78 is 10.6. The second kappa shape index (κ2) is 5.81. The van der Waals surface area contributed by atoms with E-state index in [0.29, 0.717) is 23.6 Å². The van der Waals surface area contributed by atoms with Crippen LogP contribution in [0, 0.1) is 0 Å². The van der Waals surface area contributed by atoms with Crippen LogP contribution in [-0.4, -0.2) is 29.7 Å². The van der Waals surface area contributed by atoms with Crippen LogP contribution in [0.4, 0.5) is 0 Å². The highest BCUT2D eigenvalue weighted by molar-refractivity contribution is 7.10. The number of carbonyl (C=O) groups excluding carboxylic acids is 1. The number of fused-ring (bicyclic) bond motifs is 1. The van der Waals surface area contributed by atoms with Crippen molar-refractivity contribution in [1.29, 1.82) is 0 Å². The molecule has 0 spiro atoms. The maximum Gasteiger partial charge on any atom is 0.258 e. The van der Waals surface area contributed by atoms with Crippen molar-refractivity contribution in [1.82, 2.24) is 4.90 Å². The quantitative estimate of drug-likeness (QED) is 0.933. The second-order valence-corrected chi connectivity index (χ2v) is 6.76. The van der Waals surface area contributed by atoms with Crippen molar-refractivity contribution in [2.24, 2.45) is 5.73 Å². The van der Waals surface area contributed by atoms with Gasteiger partial charge in [-0.2, -0.15) is 0 Å². The van der Waals surface area contributed by atoms with E-state index in [1.807, 2.05) is 35.7 Å². The fraction of sp³-hybridized carbons (Fsp3) is 0.167. The van der Waals surface area contributed by atoms with Crippen molar-refractivity contribution in [3.8, 4) is 11.5 Å². The molecule has 1 unspecified atom stereocenters. The lowest BCUT2D eigenvalue weighted by atomic mass is 10.0. The van der Waals surface area contributed by atoms with Crippen molar-refractivity contribution in [2.75, 3.05) is 13.3 Å². The lowest BCUT2D eigenvalue weighted by Gasteiger charge is -2.21. The van der Waals surface area contributed by atoms with Gasteiger partial charge in [0.15, 0.2) is 11.5 Å². The minimum Gasteiger partial charge on any atom is -0.454 e. The number of rotatable bonds is 3. The number of hydrogen-bond donors (Lipinski definition) is 1. The first-order valence-corrected chi connectivity index (χ1v) is 8.43. The van der Waals surface area contributed by atoms with Gasteiger partial charge in [0.1, 0.15) is 0 Å². The molecule has 0 radical (unpaired) electrons. The van der Waals surface area contributed by atoms with Crippen molar-refractivity contribution < 1.29 is 14.3 Å². The van der Waals surface area contributed by atoms with Gasteiger partial charge in [-0.05, 0) is 41.8 Å². The van der Waals surface area contributed by atoms with Gasteiger partial charge >= 0.3 is 0 Å². The van der Waals surface area contributed by atoms with Gasteiger partial charge in [0, 0.05) is 16.6 Å². The standard InChI is InChI=1S/C18H16N2O3S/c19-18(6-5-14-2-1-9-24-14)7-8-20(11-18)17(21)13-3-4-15-16(10-13)23-12-22-15/h1-10H,11-12,19H2/b6-5+. The number of benzene rings is 1. The maximum atomic E-state index is 12.7. The Kier molecular flexibility index (Phi) is 3.63. The second-order valence-electron chi connectivity index (χ2n) is 5.78. The Morgan fingerprint density at radius 2 is 2.17 bits per heavy atom. The summed E-state index contributed by atoms with van der Waals surface area (Å²) >= 11 is 1.65. The predicted octanol–water partition coefficient (Wildman–Crippen LogP) is 2.86. The monoisotopic (exact) mass is 340 g/mol. The molecule has 1 aromatic heterocycles. The summed E-state index contributed by atoms with van der Waals surface area (Å²) in [6.07, 6.45) is 7.51. The van der Waals surface area contributed by atoms with Gasteiger partial charge in [-0.15, -0.1) is 11.3 Å². The first kappa shape index (κ1) is 15.0. The van der Waals surface area contributed by atoms with Gasteiger partial charge in [-0.1, -0.05) is 12.1 Å². The lowest BCUT2D eigenvalue weighted by Crippen LogP contribution is -2.42. The number of thiophene rings is 1. The summed E-state index contributed by atoms with van der Waals surface area (Å²) in [6.45, 7) is 0.595. The number of hydrogen-bond acceptors (Lipinski definition) is 5. The van der Waals surface area contributed by atoms with Gasteiger partial charge in [-0.25, -0.2) is 0 Å². The summed E-state index contributed by atoms with van der Waals surface area (Å²) in [7, 11) is 0. The van der Waals surface area contributed by atoms with Crippen LogP contribution in [0.5, 0.6) is 11.5 Å². The molecule has 6 heteroatoms. The topological polar surface area (TPSA) is 64.8 Å². The van der Waals surface area contributed by atoms with E-state index in [4.69, 9.17) is 15.2 Å². The first-order valence-electron chi connectivity index (χ1n) is 7.55. The molecule has 4 rings (SSSR count). The molecule has 5 nitrogen and oxygen atoms in total. The van der Waals surface area contributed by atoms with Crippen molar-refractivity contribution in [2.45, 2.75) is 5.54 Å². The van der Waals surface area contributed by atoms with Crippen LogP contribution in [0.25, 0.3) is 6.08 Å². The molecular weight excluding hydrogens is 324 g/mol. The molecule has 0 saturated heterocycles. The molecule has 2 aliphatic heterocycles. The van der Waals surface area contributed by atoms with Gasteiger partial charge in [0.05, 0.1) is 12.1 Å². The first-order chi connectivity index (χ1) is 11.6. The Bertz CT molecular complexity index is 829. The third-order valence-electron chi connectivity index (χ3n) is 3.99. The van der Waals surface area contributed by atoms with E-state index in [0.717, 1.165) is 4.88 Å². The molecule has 1 atom stereocenters. The third kappa shape index (κ3) is 2.81. The number of amides is 1. The van der Waals surface area contributed by atoms with Crippen molar-refractivity contribution >= 4 is 23.3 Å². The van der Waals surface area contributed by atoms with E-state index < -0.39 is 5.54 Å². The van der Waals surface area contributed by atoms with E-state index >= 15 is 0 Å². The van der Waals surface area contributed by atoms with Gasteiger partial charge in [0.2, 0.25) is 6.79 Å². The average molecular weight is 340 g/mol. The van der Waals surface area contributed by atoms with Crippen LogP contribution in [0.15, 0.2) is 54.1 Å². The molecule has 2 N–H and O–H groups in total. The van der Waals surface area contributed by atoms with Crippen LogP contribution in [-0.2, 0) is 0 Å². The third-order valence-corrected chi connectivity index (χ3v) is 4.83. The Morgan fingerprint density at radius 1 is 1.29 bits per heavy atom. The zero-order valence-corrected chi connectivity index (χ0v) is 13.7. The van der Waals surface area contributed by atoms with Crippen LogP contribution >= 0.6 is 11.3 Å². The number of nitrogens with two attached hydrogens (primary N) is 1. The minimum atomic E-state index is -0.657. The smallest absolute Gasteiger partial charge is 0.258 e. The molecule has 2 aliphatic rings. The zero-order valence-electron chi connectivity index (χ0n) is 12.8. The Balaban J connectivity index is 1.48. The maximum absolute atomic E-state index is 12.7. The van der Waals surface area contributed by atoms with E-state index in [9.17, 15) is 4.79 Å². The van der Waals surface area contributed by atoms with Crippen LogP contribution < -0.4 is 15.2 Å². The Labute approximate surface area is 143 Å². The minimum absolute atomic E-state index is 0.110. The zero-order chi connectivity index (χ0) is 16.6. The summed E-state index contributed by atoms with van der Waals surface area (Å²) in [6, 6.07) is 9.21. The molecular formula is C18H16N2O3S. The fourth-order valence-electron chi connectivity index (χ4n) is 2.70. The van der Waals surface area contributed by atoms with Gasteiger partial charge in [0.25, 0.3) is 5.91 Å². The molecule has 3 heterocycles. The summed E-state index contributed by atoms with van der Waals surface area (Å²) in [5.41, 5.74) is 6.26. The molecule has 1 amide bonds. The summed E-state index contributed by atoms with van der Waals surface area (Å²) in [5.74, 6) is 1.15. The van der Waals surface area contributed by atoms with Gasteiger partial charge in [-0.3, -0.25) is 4.79 Å². The molecule has 0 bridgehead atoms. The summed E-state index contributed by atoms with van der Waals surface area (Å²) in [4.78, 5) is 15.4. The number of carbonyl (C=O) groups is 1. The predicted molar refractivity (Wildman–Crippen MR) is 93.0 cm³/mol. The summed E-state index contributed by atoms with van der Waals surface area (Å²) in [5, 5.41) is 2.02. The van der Waals surface area contributed by atoms with Gasteiger partial charge < -0.3 is 20.1 Å². The Hall–Kier alpha value is -2.57. The number of ether oxygens (including phenoxy) is 2. The van der Waals surface area contributed by atoms with Crippen molar-refractivity contribution in [3.05, 3.63) is 64.5 Å². The highest BCUT2D eigenvalue weighted by Crippen LogP contribution is 2.33. The molecule has 0 fully saturated rings. The molecule has 0 saturated carbocycles. The van der Waals surface area contributed by atoms with Crippen LogP contribution in [0.3, 0.4) is 0 Å². The van der Waals surface area contributed by atoms with E-state index in [1.165, 1.54) is 0 Å². The van der Waals surface area contributed by atoms with E-state index in [1.54, 1.807) is 40.6 Å². The normalized spacial score (nSPS) is 21.8. The fourth-order valence-corrected chi connectivity index (χ4v) is 3.31. The highest BCUT2D eigenvalue weighted by Gasteiger charge is 2.30. The van der Waals surface area contributed by atoms with Crippen LogP contribution in [0.1, 0.15) is 15.2 Å². The Morgan fingerprint density at radius 3 is 3.00 bits per heavy atom. The molecule has 122 valence electrons. The molecule has 1 aromatic carbocycles. The highest BCUT2D eigenvalue weighted by atomic mass is 32.1. The van der Waals surface area contributed by atoms with E-state index in [-0.39, 0.29) is 12.7 Å². The van der Waals surface area contributed by atoms with Crippen LogP contribution in [0.2, 0.25) is 0 Å². The van der Waals surface area contributed by atoms with E-state index in [2.05, 4.69) is 0 Å². The SMILES string of the molecule is NC1(/C=C/c2cccs2)C=CN(C(=O)c2ccc3c(c2)OCO3)C1.